The molecule has 13 nitrogen and oxygen atoms in total. The standard InChI is InChI=1S/C32H39N5O8/c1-18-28(39)34-19(2)29(40)36-26(31(42)43)13-7-8-16-33-27(38)15-14-25(30(41)35-18)37-32(44)45-17-24-22-11-5-3-9-20(22)21-10-4-6-12-23(21)24/h3-6,9-12,18-19,24-26H,7-8,13-17H2,1-2H3,(H,33,38)(H,34,39)(H,35,41)(H,36,40)(H,37,44)(H,42,43)/t18-,19-,25-,26-/m0/s1. The van der Waals surface area contributed by atoms with Crippen molar-refractivity contribution in [3.8, 4) is 11.1 Å². The first-order valence-electron chi connectivity index (χ1n) is 15.1. The molecular weight excluding hydrogens is 582 g/mol. The van der Waals surface area contributed by atoms with Crippen molar-refractivity contribution in [2.45, 2.75) is 76.0 Å². The maximum Gasteiger partial charge on any atom is 0.407 e. The number of fused-ring (bicyclic) bond motifs is 3. The van der Waals surface area contributed by atoms with Crippen molar-refractivity contribution in [3.05, 3.63) is 59.7 Å². The molecule has 1 fully saturated rings. The van der Waals surface area contributed by atoms with Crippen LogP contribution in [0.3, 0.4) is 0 Å². The number of carboxylic acid groups (broad SMARTS) is 1. The van der Waals surface area contributed by atoms with Crippen LogP contribution in [0.15, 0.2) is 48.5 Å². The van der Waals surface area contributed by atoms with Gasteiger partial charge in [-0.3, -0.25) is 19.2 Å². The molecule has 4 atom stereocenters. The van der Waals surface area contributed by atoms with Crippen LogP contribution >= 0.6 is 0 Å². The third kappa shape index (κ3) is 8.58. The van der Waals surface area contributed by atoms with Gasteiger partial charge in [-0.2, -0.15) is 0 Å². The van der Waals surface area contributed by atoms with Gasteiger partial charge in [0.1, 0.15) is 30.8 Å². The molecule has 0 aromatic heterocycles. The van der Waals surface area contributed by atoms with E-state index in [1.165, 1.54) is 13.8 Å². The summed E-state index contributed by atoms with van der Waals surface area (Å²) in [5, 5.41) is 22.1. The van der Waals surface area contributed by atoms with Crippen molar-refractivity contribution in [2.24, 2.45) is 0 Å². The Hall–Kier alpha value is -4.94. The highest BCUT2D eigenvalue weighted by Crippen LogP contribution is 2.44. The van der Waals surface area contributed by atoms with Gasteiger partial charge in [-0.05, 0) is 61.8 Å². The minimum absolute atomic E-state index is 0.0240. The van der Waals surface area contributed by atoms with Crippen LogP contribution in [0.4, 0.5) is 4.79 Å². The first-order valence-corrected chi connectivity index (χ1v) is 15.1. The summed E-state index contributed by atoms with van der Waals surface area (Å²) < 4.78 is 5.59. The molecule has 2 aliphatic rings. The summed E-state index contributed by atoms with van der Waals surface area (Å²) in [7, 11) is 0. The Morgan fingerprint density at radius 3 is 2.02 bits per heavy atom. The van der Waals surface area contributed by atoms with Gasteiger partial charge in [0.15, 0.2) is 0 Å². The molecule has 6 N–H and O–H groups in total. The third-order valence-corrected chi connectivity index (χ3v) is 7.97. The zero-order chi connectivity index (χ0) is 32.5. The number of rotatable bonds is 4. The molecule has 0 bridgehead atoms. The fourth-order valence-corrected chi connectivity index (χ4v) is 5.45. The molecule has 1 saturated heterocycles. The first kappa shape index (κ1) is 33.0. The van der Waals surface area contributed by atoms with E-state index in [9.17, 15) is 33.9 Å². The minimum atomic E-state index is -1.21. The molecule has 2 aromatic carbocycles. The van der Waals surface area contributed by atoms with Crippen LogP contribution in [0.1, 0.15) is 63.0 Å². The predicted molar refractivity (Wildman–Crippen MR) is 163 cm³/mol. The number of nitrogens with one attached hydrogen (secondary N) is 5. The summed E-state index contributed by atoms with van der Waals surface area (Å²) in [5.41, 5.74) is 4.19. The van der Waals surface area contributed by atoms with Crippen molar-refractivity contribution >= 4 is 35.7 Å². The maximum absolute atomic E-state index is 13.2. The zero-order valence-electron chi connectivity index (χ0n) is 25.3. The van der Waals surface area contributed by atoms with Gasteiger partial charge in [0.2, 0.25) is 23.6 Å². The SMILES string of the molecule is C[C@@H]1NC(=O)[C@H](C)NC(=O)[C@@H](NC(=O)OCC2c3ccccc3-c3ccccc32)CCC(=O)NCCCC[C@@H](C(=O)O)NC1=O. The maximum atomic E-state index is 13.2. The van der Waals surface area contributed by atoms with Gasteiger partial charge < -0.3 is 36.4 Å². The monoisotopic (exact) mass is 621 g/mol. The number of alkyl carbamates (subject to hydrolysis) is 1. The van der Waals surface area contributed by atoms with Gasteiger partial charge in [-0.15, -0.1) is 0 Å². The number of aliphatic carboxylic acids is 1. The smallest absolute Gasteiger partial charge is 0.407 e. The number of carbonyl (C=O) groups excluding carboxylic acids is 5. The quantitative estimate of drug-likeness (QED) is 0.296. The Bertz CT molecular complexity index is 1400. The van der Waals surface area contributed by atoms with Crippen LogP contribution in [-0.2, 0) is 28.7 Å². The fraction of sp³-hybridized carbons (Fsp3) is 0.438. The van der Waals surface area contributed by atoms with Gasteiger partial charge in [0.05, 0.1) is 0 Å². The van der Waals surface area contributed by atoms with Crippen molar-refractivity contribution in [1.29, 1.82) is 0 Å². The lowest BCUT2D eigenvalue weighted by molar-refractivity contribution is -0.142. The Morgan fingerprint density at radius 1 is 0.822 bits per heavy atom. The molecule has 2 aromatic rings. The van der Waals surface area contributed by atoms with Gasteiger partial charge in [-0.25, -0.2) is 9.59 Å². The Morgan fingerprint density at radius 2 is 1.40 bits per heavy atom. The van der Waals surface area contributed by atoms with E-state index in [4.69, 9.17) is 4.74 Å². The van der Waals surface area contributed by atoms with Crippen molar-refractivity contribution in [1.82, 2.24) is 26.6 Å². The van der Waals surface area contributed by atoms with Gasteiger partial charge in [0, 0.05) is 18.9 Å². The Labute approximate surface area is 260 Å². The number of benzene rings is 2. The highest BCUT2D eigenvalue weighted by atomic mass is 16.5. The van der Waals surface area contributed by atoms with E-state index in [-0.39, 0.29) is 44.2 Å². The largest absolute Gasteiger partial charge is 0.480 e. The molecule has 4 rings (SSSR count). The van der Waals surface area contributed by atoms with Gasteiger partial charge in [-0.1, -0.05) is 48.5 Å². The zero-order valence-corrected chi connectivity index (χ0v) is 25.3. The lowest BCUT2D eigenvalue weighted by Crippen LogP contribution is -2.56. The van der Waals surface area contributed by atoms with Gasteiger partial charge in [0.25, 0.3) is 0 Å². The molecule has 1 aliphatic heterocycles. The second-order valence-electron chi connectivity index (χ2n) is 11.3. The van der Waals surface area contributed by atoms with Crippen LogP contribution in [-0.4, -0.2) is 78.1 Å². The summed E-state index contributed by atoms with van der Waals surface area (Å²) >= 11 is 0. The molecule has 240 valence electrons. The van der Waals surface area contributed by atoms with Crippen molar-refractivity contribution in [3.63, 3.8) is 0 Å². The van der Waals surface area contributed by atoms with E-state index in [0.717, 1.165) is 22.3 Å². The van der Waals surface area contributed by atoms with Crippen LogP contribution in [0, 0.1) is 0 Å². The highest BCUT2D eigenvalue weighted by Gasteiger charge is 2.31. The predicted octanol–water partition coefficient (Wildman–Crippen LogP) is 1.55. The summed E-state index contributed by atoms with van der Waals surface area (Å²) in [4.78, 5) is 75.6. The lowest BCUT2D eigenvalue weighted by atomic mass is 9.98. The summed E-state index contributed by atoms with van der Waals surface area (Å²) in [6.45, 7) is 3.08. The average Bonchev–Trinajstić information content (AvgIpc) is 3.33. The first-order chi connectivity index (χ1) is 21.5. The molecule has 0 spiro atoms. The number of carbonyl (C=O) groups is 6. The second kappa shape index (κ2) is 15.2. The molecule has 0 unspecified atom stereocenters. The number of ether oxygens (including phenoxy) is 1. The fourth-order valence-electron chi connectivity index (χ4n) is 5.45. The van der Waals surface area contributed by atoms with E-state index >= 15 is 0 Å². The van der Waals surface area contributed by atoms with E-state index in [1.807, 2.05) is 48.5 Å². The Balaban J connectivity index is 1.42. The number of carboxylic acids is 1. The molecule has 0 radical (unpaired) electrons. The summed E-state index contributed by atoms with van der Waals surface area (Å²) in [6, 6.07) is 11.2. The second-order valence-corrected chi connectivity index (χ2v) is 11.3. The Kier molecular flexibility index (Phi) is 11.1. The van der Waals surface area contributed by atoms with Crippen LogP contribution in [0.5, 0.6) is 0 Å². The van der Waals surface area contributed by atoms with Crippen molar-refractivity contribution < 1.29 is 38.6 Å². The number of amides is 5. The number of hydrogen-bond donors (Lipinski definition) is 6. The van der Waals surface area contributed by atoms with E-state index < -0.39 is 54.0 Å². The van der Waals surface area contributed by atoms with E-state index in [1.54, 1.807) is 0 Å². The van der Waals surface area contributed by atoms with Gasteiger partial charge >= 0.3 is 12.1 Å². The van der Waals surface area contributed by atoms with E-state index in [2.05, 4.69) is 26.6 Å². The molecular formula is C32H39N5O8. The molecule has 45 heavy (non-hydrogen) atoms. The van der Waals surface area contributed by atoms with E-state index in [0.29, 0.717) is 12.8 Å². The molecule has 1 heterocycles. The molecule has 13 heteroatoms. The minimum Gasteiger partial charge on any atom is -0.480 e. The normalized spacial score (nSPS) is 23.5. The average molecular weight is 622 g/mol. The summed E-state index contributed by atoms with van der Waals surface area (Å²) in [5.74, 6) is -3.89. The van der Waals surface area contributed by atoms with Crippen LogP contribution in [0.2, 0.25) is 0 Å². The number of hydrogen-bond acceptors (Lipinski definition) is 7. The molecule has 5 amide bonds. The van der Waals surface area contributed by atoms with Crippen molar-refractivity contribution in [2.75, 3.05) is 13.2 Å². The third-order valence-electron chi connectivity index (χ3n) is 7.97. The van der Waals surface area contributed by atoms with Crippen LogP contribution < -0.4 is 26.6 Å². The summed E-state index contributed by atoms with van der Waals surface area (Å²) in [6.07, 6.45) is -0.0322. The van der Waals surface area contributed by atoms with Crippen LogP contribution in [0.25, 0.3) is 11.1 Å². The molecule has 0 saturated carbocycles. The highest BCUT2D eigenvalue weighted by molar-refractivity contribution is 5.94. The topological polar surface area (TPSA) is 192 Å². The lowest BCUT2D eigenvalue weighted by Gasteiger charge is -2.23. The molecule has 1 aliphatic carbocycles.